The maximum absolute atomic E-state index is 13.1. The molecule has 2 aromatic carbocycles. The summed E-state index contributed by atoms with van der Waals surface area (Å²) in [6.07, 6.45) is 2.16. The Morgan fingerprint density at radius 3 is 2.48 bits per heavy atom. The van der Waals surface area contributed by atoms with E-state index >= 15 is 0 Å². The third kappa shape index (κ3) is 2.92. The van der Waals surface area contributed by atoms with Crippen molar-refractivity contribution in [1.82, 2.24) is 9.80 Å². The highest BCUT2D eigenvalue weighted by Gasteiger charge is 2.41. The number of likely N-dealkylation sites (tertiary alicyclic amines) is 1. The fraction of sp³-hybridized carbons (Fsp3) is 0.435. The van der Waals surface area contributed by atoms with Gasteiger partial charge in [0.2, 0.25) is 0 Å². The Morgan fingerprint density at radius 2 is 1.70 bits per heavy atom. The van der Waals surface area contributed by atoms with E-state index in [0.29, 0.717) is 5.92 Å². The van der Waals surface area contributed by atoms with Gasteiger partial charge in [-0.15, -0.1) is 0 Å². The zero-order chi connectivity index (χ0) is 18.4. The summed E-state index contributed by atoms with van der Waals surface area (Å²) in [6.45, 7) is 5.25. The summed E-state index contributed by atoms with van der Waals surface area (Å²) in [4.78, 5) is 20.1. The van der Waals surface area contributed by atoms with Crippen molar-refractivity contribution in [1.29, 1.82) is 0 Å². The lowest BCUT2D eigenvalue weighted by atomic mass is 9.95. The number of anilines is 1. The number of amides is 1. The Balaban J connectivity index is 1.44. The van der Waals surface area contributed by atoms with Crippen molar-refractivity contribution in [2.45, 2.75) is 24.8 Å². The summed E-state index contributed by atoms with van der Waals surface area (Å²) in [5.41, 5.74) is 4.99. The fourth-order valence-corrected chi connectivity index (χ4v) is 5.02. The maximum atomic E-state index is 13.1. The quantitative estimate of drug-likeness (QED) is 0.819. The van der Waals surface area contributed by atoms with Crippen molar-refractivity contribution in [3.8, 4) is 0 Å². The van der Waals surface area contributed by atoms with Gasteiger partial charge >= 0.3 is 0 Å². The molecule has 3 aliphatic rings. The van der Waals surface area contributed by atoms with Crippen molar-refractivity contribution < 1.29 is 4.79 Å². The molecule has 2 saturated heterocycles. The molecule has 2 bridgehead atoms. The molecular formula is C23H27N3O. The number of nitrogens with zero attached hydrogens (tertiary/aromatic N) is 3. The van der Waals surface area contributed by atoms with Gasteiger partial charge in [0, 0.05) is 44.0 Å². The second kappa shape index (κ2) is 6.68. The zero-order valence-electron chi connectivity index (χ0n) is 16.0. The van der Waals surface area contributed by atoms with Crippen LogP contribution in [0, 0.1) is 0 Å². The van der Waals surface area contributed by atoms with Gasteiger partial charge in [0.1, 0.15) is 0 Å². The number of rotatable bonds is 2. The van der Waals surface area contributed by atoms with Gasteiger partial charge in [-0.1, -0.05) is 24.3 Å². The van der Waals surface area contributed by atoms with Gasteiger partial charge in [0.15, 0.2) is 0 Å². The van der Waals surface area contributed by atoms with Gasteiger partial charge in [-0.05, 0) is 61.2 Å². The molecule has 4 heteroatoms. The predicted molar refractivity (Wildman–Crippen MR) is 108 cm³/mol. The molecular weight excluding hydrogens is 334 g/mol. The number of piperazine rings is 1. The Bertz CT molecular complexity index is 842. The second-order valence-corrected chi connectivity index (χ2v) is 8.21. The molecule has 1 amide bonds. The van der Waals surface area contributed by atoms with E-state index < -0.39 is 0 Å². The largest absolute Gasteiger partial charge is 0.369 e. The van der Waals surface area contributed by atoms with Crippen LogP contribution in [-0.2, 0) is 0 Å². The molecule has 1 unspecified atom stereocenters. The van der Waals surface area contributed by atoms with Gasteiger partial charge in [0.05, 0.1) is 6.04 Å². The molecule has 2 fully saturated rings. The first kappa shape index (κ1) is 16.8. The molecule has 0 spiro atoms. The molecule has 0 N–H and O–H groups in total. The SMILES string of the molecule is CN1CCN(c2ccc3c(c2)[C@H]2CC3CCN2C(=O)c2ccccc2)CC1. The van der Waals surface area contributed by atoms with E-state index in [0.717, 1.165) is 51.1 Å². The lowest BCUT2D eigenvalue weighted by Crippen LogP contribution is -2.44. The van der Waals surface area contributed by atoms with Crippen LogP contribution >= 0.6 is 0 Å². The molecule has 2 aromatic rings. The molecule has 2 atom stereocenters. The van der Waals surface area contributed by atoms with Crippen LogP contribution < -0.4 is 4.90 Å². The monoisotopic (exact) mass is 361 g/mol. The van der Waals surface area contributed by atoms with E-state index in [4.69, 9.17) is 0 Å². The van der Waals surface area contributed by atoms with E-state index in [1.807, 2.05) is 30.3 Å². The molecule has 140 valence electrons. The van der Waals surface area contributed by atoms with Gasteiger partial charge in [-0.25, -0.2) is 0 Å². The molecule has 27 heavy (non-hydrogen) atoms. The zero-order valence-corrected chi connectivity index (χ0v) is 16.0. The lowest BCUT2D eigenvalue weighted by Gasteiger charge is -2.35. The fourth-order valence-electron chi connectivity index (χ4n) is 5.02. The Morgan fingerprint density at radius 1 is 0.926 bits per heavy atom. The molecule has 2 heterocycles. The van der Waals surface area contributed by atoms with Crippen molar-refractivity contribution in [2.75, 3.05) is 44.7 Å². The minimum Gasteiger partial charge on any atom is -0.369 e. The van der Waals surface area contributed by atoms with Crippen molar-refractivity contribution in [2.24, 2.45) is 0 Å². The van der Waals surface area contributed by atoms with E-state index in [9.17, 15) is 4.79 Å². The molecule has 1 aliphatic carbocycles. The molecule has 5 rings (SSSR count). The summed E-state index contributed by atoms with van der Waals surface area (Å²) in [6, 6.07) is 17.0. The summed E-state index contributed by atoms with van der Waals surface area (Å²) in [5, 5.41) is 0. The summed E-state index contributed by atoms with van der Waals surface area (Å²) < 4.78 is 0. The lowest BCUT2D eigenvalue weighted by molar-refractivity contribution is 0.0620. The highest BCUT2D eigenvalue weighted by Crippen LogP contribution is 2.50. The first-order valence-corrected chi connectivity index (χ1v) is 10.1. The van der Waals surface area contributed by atoms with E-state index in [1.54, 1.807) is 0 Å². The predicted octanol–water partition coefficient (Wildman–Crippen LogP) is 3.51. The minimum atomic E-state index is 0.178. The van der Waals surface area contributed by atoms with Crippen LogP contribution in [0.25, 0.3) is 0 Å². The van der Waals surface area contributed by atoms with Crippen LogP contribution in [0.3, 0.4) is 0 Å². The molecule has 0 saturated carbocycles. The topological polar surface area (TPSA) is 26.8 Å². The minimum absolute atomic E-state index is 0.178. The van der Waals surface area contributed by atoms with Crippen molar-refractivity contribution >= 4 is 11.6 Å². The second-order valence-electron chi connectivity index (χ2n) is 8.21. The average molecular weight is 361 g/mol. The van der Waals surface area contributed by atoms with Gasteiger partial charge in [-0.2, -0.15) is 0 Å². The van der Waals surface area contributed by atoms with Gasteiger partial charge in [-0.3, -0.25) is 4.79 Å². The Kier molecular flexibility index (Phi) is 4.16. The number of benzene rings is 2. The van der Waals surface area contributed by atoms with Crippen LogP contribution in [-0.4, -0.2) is 55.5 Å². The normalized spacial score (nSPS) is 24.8. The summed E-state index contributed by atoms with van der Waals surface area (Å²) in [7, 11) is 2.19. The van der Waals surface area contributed by atoms with Crippen LogP contribution in [0.15, 0.2) is 48.5 Å². The van der Waals surface area contributed by atoms with Gasteiger partial charge in [0.25, 0.3) is 5.91 Å². The third-order valence-corrected chi connectivity index (χ3v) is 6.62. The van der Waals surface area contributed by atoms with Crippen molar-refractivity contribution in [3.63, 3.8) is 0 Å². The molecule has 0 radical (unpaired) electrons. The maximum Gasteiger partial charge on any atom is 0.254 e. The Labute approximate surface area is 161 Å². The van der Waals surface area contributed by atoms with Crippen LogP contribution in [0.2, 0.25) is 0 Å². The molecule has 0 aromatic heterocycles. The summed E-state index contributed by atoms with van der Waals surface area (Å²) in [5.74, 6) is 0.795. The number of hydrogen-bond donors (Lipinski definition) is 0. The number of carbonyl (C=O) groups is 1. The number of hydrogen-bond acceptors (Lipinski definition) is 3. The number of carbonyl (C=O) groups excluding carboxylic acids is 1. The average Bonchev–Trinajstić information content (AvgIpc) is 3.00. The number of piperidine rings is 1. The van der Waals surface area contributed by atoms with E-state index in [1.165, 1.54) is 16.8 Å². The molecule has 2 aliphatic heterocycles. The summed E-state index contributed by atoms with van der Waals surface area (Å²) >= 11 is 0. The van der Waals surface area contributed by atoms with E-state index in [-0.39, 0.29) is 11.9 Å². The highest BCUT2D eigenvalue weighted by atomic mass is 16.2. The van der Waals surface area contributed by atoms with Crippen LogP contribution in [0.5, 0.6) is 0 Å². The van der Waals surface area contributed by atoms with Gasteiger partial charge < -0.3 is 14.7 Å². The van der Waals surface area contributed by atoms with E-state index in [2.05, 4.69) is 39.9 Å². The number of fused-ring (bicyclic) bond motifs is 5. The van der Waals surface area contributed by atoms with Crippen LogP contribution in [0.4, 0.5) is 5.69 Å². The van der Waals surface area contributed by atoms with Crippen molar-refractivity contribution in [3.05, 3.63) is 65.2 Å². The number of likely N-dealkylation sites (N-methyl/N-ethyl adjacent to an activating group) is 1. The first-order chi connectivity index (χ1) is 13.2. The third-order valence-electron chi connectivity index (χ3n) is 6.62. The standard InChI is InChI=1S/C23H27N3O/c1-24-11-13-25(14-12-24)19-7-8-20-18-9-10-26(22(15-18)21(20)16-19)23(27)17-5-3-2-4-6-17/h2-8,16,18,22H,9-15H2,1H3/t18?,22-/m1/s1. The Hall–Kier alpha value is -2.33. The smallest absolute Gasteiger partial charge is 0.254 e. The highest BCUT2D eigenvalue weighted by molar-refractivity contribution is 5.94. The van der Waals surface area contributed by atoms with Crippen LogP contribution in [0.1, 0.15) is 46.3 Å². The first-order valence-electron chi connectivity index (χ1n) is 10.1. The molecule has 4 nitrogen and oxygen atoms in total.